The average molecular weight is 312 g/mol. The van der Waals surface area contributed by atoms with E-state index in [4.69, 9.17) is 16.3 Å². The number of hydrogen-bond acceptors (Lipinski definition) is 3. The van der Waals surface area contributed by atoms with Gasteiger partial charge in [0.15, 0.2) is 6.10 Å². The minimum Gasteiger partial charge on any atom is -0.449 e. The van der Waals surface area contributed by atoms with Gasteiger partial charge in [-0.15, -0.1) is 0 Å². The van der Waals surface area contributed by atoms with Crippen molar-refractivity contribution in [2.45, 2.75) is 31.9 Å². The van der Waals surface area contributed by atoms with Crippen LogP contribution in [0.1, 0.15) is 25.3 Å². The first-order valence-corrected chi connectivity index (χ1v) is 6.98. The number of nitrogens with one attached hydrogen (secondary N) is 1. The Kier molecular flexibility index (Phi) is 4.96. The van der Waals surface area contributed by atoms with Gasteiger partial charge in [0.05, 0.1) is 5.02 Å². The van der Waals surface area contributed by atoms with Gasteiger partial charge in [0, 0.05) is 17.7 Å². The van der Waals surface area contributed by atoms with E-state index in [2.05, 4.69) is 5.32 Å². The van der Waals surface area contributed by atoms with E-state index in [0.717, 1.165) is 18.9 Å². The quantitative estimate of drug-likeness (QED) is 0.672. The van der Waals surface area contributed by atoms with Crippen molar-refractivity contribution in [3.05, 3.63) is 40.7 Å². The molecule has 1 aromatic rings. The summed E-state index contributed by atoms with van der Waals surface area (Å²) in [6, 6.07) is 4.42. The van der Waals surface area contributed by atoms with Crippen molar-refractivity contribution in [3.63, 3.8) is 0 Å². The van der Waals surface area contributed by atoms with Crippen LogP contribution in [-0.2, 0) is 14.3 Å². The summed E-state index contributed by atoms with van der Waals surface area (Å²) in [5.74, 6) is -1.60. The molecule has 6 heteroatoms. The Morgan fingerprint density at radius 2 is 2.19 bits per heavy atom. The molecule has 0 aliphatic heterocycles. The third-order valence-corrected chi connectivity index (χ3v) is 3.30. The zero-order chi connectivity index (χ0) is 15.4. The molecule has 1 aliphatic carbocycles. The highest BCUT2D eigenvalue weighted by Crippen LogP contribution is 2.20. The summed E-state index contributed by atoms with van der Waals surface area (Å²) in [5.41, 5.74) is 0.103. The zero-order valence-corrected chi connectivity index (χ0v) is 12.2. The van der Waals surface area contributed by atoms with E-state index in [9.17, 15) is 14.0 Å². The van der Waals surface area contributed by atoms with Crippen LogP contribution in [0.4, 0.5) is 4.39 Å². The molecule has 1 aliphatic rings. The highest BCUT2D eigenvalue weighted by molar-refractivity contribution is 6.32. The normalized spacial score (nSPS) is 15.8. The van der Waals surface area contributed by atoms with Crippen LogP contribution in [-0.4, -0.2) is 24.0 Å². The van der Waals surface area contributed by atoms with E-state index in [1.54, 1.807) is 0 Å². The van der Waals surface area contributed by atoms with Crippen molar-refractivity contribution < 1.29 is 18.7 Å². The van der Waals surface area contributed by atoms with Gasteiger partial charge in [-0.25, -0.2) is 9.18 Å². The minimum absolute atomic E-state index is 0.103. The van der Waals surface area contributed by atoms with E-state index in [0.29, 0.717) is 0 Å². The van der Waals surface area contributed by atoms with Crippen LogP contribution in [0.3, 0.4) is 0 Å². The number of benzene rings is 1. The lowest BCUT2D eigenvalue weighted by Gasteiger charge is -2.11. The second-order valence-corrected chi connectivity index (χ2v) is 5.24. The highest BCUT2D eigenvalue weighted by Gasteiger charge is 2.26. The second kappa shape index (κ2) is 6.72. The molecule has 112 valence electrons. The van der Waals surface area contributed by atoms with Gasteiger partial charge < -0.3 is 10.1 Å². The Balaban J connectivity index is 1.91. The maximum Gasteiger partial charge on any atom is 0.331 e. The van der Waals surface area contributed by atoms with Gasteiger partial charge in [-0.2, -0.15) is 0 Å². The number of ether oxygens (including phenoxy) is 1. The Morgan fingerprint density at radius 1 is 1.48 bits per heavy atom. The molecule has 1 amide bonds. The number of rotatable bonds is 5. The largest absolute Gasteiger partial charge is 0.449 e. The lowest BCUT2D eigenvalue weighted by atomic mass is 10.2. The van der Waals surface area contributed by atoms with Crippen molar-refractivity contribution in [1.82, 2.24) is 5.32 Å². The highest BCUT2D eigenvalue weighted by atomic mass is 35.5. The Morgan fingerprint density at radius 3 is 2.81 bits per heavy atom. The van der Waals surface area contributed by atoms with E-state index in [1.807, 2.05) is 0 Å². The number of amides is 1. The maximum atomic E-state index is 13.5. The van der Waals surface area contributed by atoms with Crippen LogP contribution in [0, 0.1) is 5.82 Å². The molecule has 1 atom stereocenters. The van der Waals surface area contributed by atoms with Gasteiger partial charge >= 0.3 is 5.97 Å². The van der Waals surface area contributed by atoms with Crippen molar-refractivity contribution in [1.29, 1.82) is 0 Å². The van der Waals surface area contributed by atoms with Crippen LogP contribution in [0.15, 0.2) is 24.3 Å². The van der Waals surface area contributed by atoms with E-state index < -0.39 is 17.9 Å². The third kappa shape index (κ3) is 4.56. The number of halogens is 2. The van der Waals surface area contributed by atoms with Crippen molar-refractivity contribution in [2.75, 3.05) is 0 Å². The fraction of sp³-hybridized carbons (Fsp3) is 0.333. The molecule has 1 saturated carbocycles. The fourth-order valence-electron chi connectivity index (χ4n) is 1.63. The molecule has 0 spiro atoms. The van der Waals surface area contributed by atoms with Crippen molar-refractivity contribution in [2.24, 2.45) is 0 Å². The number of hydrogen-bond donors (Lipinski definition) is 1. The van der Waals surface area contributed by atoms with Crippen LogP contribution < -0.4 is 5.32 Å². The average Bonchev–Trinajstić information content (AvgIpc) is 3.22. The molecule has 0 saturated heterocycles. The van der Waals surface area contributed by atoms with Gasteiger partial charge in [0.1, 0.15) is 5.82 Å². The van der Waals surface area contributed by atoms with Gasteiger partial charge in [-0.1, -0.05) is 17.7 Å². The van der Waals surface area contributed by atoms with Gasteiger partial charge in [-0.3, -0.25) is 4.79 Å². The standard InChI is InChI=1S/C15H15ClFNO3/c1-9(15(20)18-10-5-6-10)21-14(19)8-7-11-12(16)3-2-4-13(11)17/h2-4,7-10H,5-6H2,1H3,(H,18,20)/b8-7+/t9-/m1/s1. The lowest BCUT2D eigenvalue weighted by Crippen LogP contribution is -2.36. The molecule has 1 N–H and O–H groups in total. The lowest BCUT2D eigenvalue weighted by molar-refractivity contribution is -0.150. The van der Waals surface area contributed by atoms with Gasteiger partial charge in [-0.05, 0) is 38.0 Å². The molecular weight excluding hydrogens is 297 g/mol. The van der Waals surface area contributed by atoms with E-state index in [-0.39, 0.29) is 22.5 Å². The minimum atomic E-state index is -0.890. The molecule has 0 aromatic heterocycles. The molecule has 21 heavy (non-hydrogen) atoms. The van der Waals surface area contributed by atoms with Crippen molar-refractivity contribution in [3.8, 4) is 0 Å². The Labute approximate surface area is 126 Å². The predicted molar refractivity (Wildman–Crippen MR) is 77.2 cm³/mol. The van der Waals surface area contributed by atoms with Gasteiger partial charge in [0.2, 0.25) is 0 Å². The summed E-state index contributed by atoms with van der Waals surface area (Å²) in [7, 11) is 0. The number of carbonyl (C=O) groups is 2. The maximum absolute atomic E-state index is 13.5. The first-order valence-electron chi connectivity index (χ1n) is 6.60. The van der Waals surface area contributed by atoms with Crippen LogP contribution in [0.5, 0.6) is 0 Å². The summed E-state index contributed by atoms with van der Waals surface area (Å²) in [6.07, 6.45) is 3.30. The van der Waals surface area contributed by atoms with E-state index >= 15 is 0 Å². The second-order valence-electron chi connectivity index (χ2n) is 4.83. The molecule has 0 heterocycles. The smallest absolute Gasteiger partial charge is 0.331 e. The Hall–Kier alpha value is -1.88. The molecule has 1 fully saturated rings. The molecule has 0 radical (unpaired) electrons. The molecule has 1 aromatic carbocycles. The number of carbonyl (C=O) groups excluding carboxylic acids is 2. The SMILES string of the molecule is C[C@@H](OC(=O)/C=C/c1c(F)cccc1Cl)C(=O)NC1CC1. The summed E-state index contributed by atoms with van der Waals surface area (Å²) in [6.45, 7) is 1.49. The van der Waals surface area contributed by atoms with Crippen LogP contribution >= 0.6 is 11.6 Å². The van der Waals surface area contributed by atoms with Crippen LogP contribution in [0.25, 0.3) is 6.08 Å². The summed E-state index contributed by atoms with van der Waals surface area (Å²) in [5, 5.41) is 2.92. The van der Waals surface area contributed by atoms with Gasteiger partial charge in [0.25, 0.3) is 5.91 Å². The number of esters is 1. The van der Waals surface area contributed by atoms with Crippen molar-refractivity contribution >= 4 is 29.6 Å². The summed E-state index contributed by atoms with van der Waals surface area (Å²) in [4.78, 5) is 23.2. The molecule has 4 nitrogen and oxygen atoms in total. The van der Waals surface area contributed by atoms with E-state index in [1.165, 1.54) is 31.2 Å². The fourth-order valence-corrected chi connectivity index (χ4v) is 1.86. The Bertz CT molecular complexity index is 564. The summed E-state index contributed by atoms with van der Waals surface area (Å²) >= 11 is 5.83. The molecule has 2 rings (SSSR count). The summed E-state index contributed by atoms with van der Waals surface area (Å²) < 4.78 is 18.4. The monoisotopic (exact) mass is 311 g/mol. The first-order chi connectivity index (χ1) is 9.97. The first kappa shape index (κ1) is 15.5. The third-order valence-electron chi connectivity index (χ3n) is 2.97. The predicted octanol–water partition coefficient (Wildman–Crippen LogP) is 2.70. The molecule has 0 unspecified atom stereocenters. The topological polar surface area (TPSA) is 55.4 Å². The zero-order valence-electron chi connectivity index (χ0n) is 11.4. The molecule has 0 bridgehead atoms. The van der Waals surface area contributed by atoms with Crippen LogP contribution in [0.2, 0.25) is 5.02 Å². The molecular formula is C15H15ClFNO3.